The average molecular weight is 785 g/mol. The van der Waals surface area contributed by atoms with Crippen LogP contribution in [0.5, 0.6) is 0 Å². The summed E-state index contributed by atoms with van der Waals surface area (Å²) in [7, 11) is 0. The molecule has 1 fully saturated rings. The minimum absolute atomic E-state index is 0.00618. The zero-order valence-electron chi connectivity index (χ0n) is 40.5. The van der Waals surface area contributed by atoms with Crippen LogP contribution in [-0.4, -0.2) is 48.8 Å². The predicted molar refractivity (Wildman–Crippen MR) is 230 cm³/mol. The summed E-state index contributed by atoms with van der Waals surface area (Å²) in [6, 6.07) is 0. The van der Waals surface area contributed by atoms with Crippen LogP contribution in [0, 0.1) is 44.3 Å². The molecule has 0 bridgehead atoms. The van der Waals surface area contributed by atoms with E-state index in [9.17, 15) is 19.2 Å². The van der Waals surface area contributed by atoms with Gasteiger partial charge in [-0.3, -0.25) is 19.2 Å². The molecule has 328 valence electrons. The summed E-state index contributed by atoms with van der Waals surface area (Å²) in [5, 5.41) is 0. The van der Waals surface area contributed by atoms with Gasteiger partial charge in [-0.2, -0.15) is 0 Å². The van der Waals surface area contributed by atoms with Gasteiger partial charge in [-0.1, -0.05) is 83.1 Å². The van der Waals surface area contributed by atoms with Crippen molar-refractivity contribution >= 4 is 23.9 Å². The highest BCUT2D eigenvalue weighted by molar-refractivity contribution is 5.77. The molecule has 0 aliphatic heterocycles. The van der Waals surface area contributed by atoms with Gasteiger partial charge in [0.1, 0.15) is 12.2 Å². The highest BCUT2D eigenvalue weighted by Gasteiger charge is 2.35. The lowest BCUT2D eigenvalue weighted by molar-refractivity contribution is -0.164. The van der Waals surface area contributed by atoms with E-state index in [-0.39, 0.29) is 69.3 Å². The van der Waals surface area contributed by atoms with Crippen LogP contribution in [0.1, 0.15) is 211 Å². The predicted octanol–water partition coefficient (Wildman–Crippen LogP) is 13.0. The summed E-state index contributed by atoms with van der Waals surface area (Å²) in [4.78, 5) is 46.4. The molecule has 0 aromatic carbocycles. The first-order chi connectivity index (χ1) is 24.6. The molecule has 8 heteroatoms. The first-order valence-corrected chi connectivity index (χ1v) is 21.4. The normalized spacial score (nSPS) is 17.3. The Morgan fingerprint density at radius 1 is 0.509 bits per heavy atom. The van der Waals surface area contributed by atoms with Gasteiger partial charge in [-0.05, 0) is 150 Å². The van der Waals surface area contributed by atoms with Gasteiger partial charge in [0.2, 0.25) is 0 Å². The Morgan fingerprint density at radius 2 is 0.855 bits per heavy atom. The zero-order chi connectivity index (χ0) is 44.4. The van der Waals surface area contributed by atoms with Gasteiger partial charge in [0.15, 0.2) is 0 Å². The summed E-state index contributed by atoms with van der Waals surface area (Å²) in [6.45, 7) is 46.9. The van der Waals surface area contributed by atoms with Crippen LogP contribution in [0.3, 0.4) is 0 Å². The summed E-state index contributed by atoms with van der Waals surface area (Å²) >= 11 is 0. The van der Waals surface area contributed by atoms with Gasteiger partial charge in [0.25, 0.3) is 0 Å². The zero-order valence-corrected chi connectivity index (χ0v) is 40.5. The fourth-order valence-corrected chi connectivity index (χ4v) is 4.24. The van der Waals surface area contributed by atoms with Crippen LogP contribution in [0.25, 0.3) is 0 Å². The second-order valence-corrected chi connectivity index (χ2v) is 21.1. The lowest BCUT2D eigenvalue weighted by Gasteiger charge is -2.37. The van der Waals surface area contributed by atoms with E-state index in [0.29, 0.717) is 17.9 Å². The first-order valence-electron chi connectivity index (χ1n) is 21.4. The van der Waals surface area contributed by atoms with Crippen molar-refractivity contribution in [1.82, 2.24) is 0 Å². The minimum atomic E-state index is -0.362. The molecule has 0 N–H and O–H groups in total. The lowest BCUT2D eigenvalue weighted by atomic mass is 9.72. The van der Waals surface area contributed by atoms with E-state index in [1.54, 1.807) is 0 Å². The monoisotopic (exact) mass is 785 g/mol. The van der Waals surface area contributed by atoms with Crippen molar-refractivity contribution in [2.75, 3.05) is 6.61 Å². The van der Waals surface area contributed by atoms with Crippen molar-refractivity contribution < 1.29 is 38.1 Å². The van der Waals surface area contributed by atoms with Crippen LogP contribution < -0.4 is 0 Å². The molecule has 0 aromatic heterocycles. The molecule has 0 aromatic rings. The Balaban J connectivity index is -0.000000669. The summed E-state index contributed by atoms with van der Waals surface area (Å²) in [5.74, 6) is 0.883. The van der Waals surface area contributed by atoms with Gasteiger partial charge in [0, 0.05) is 0 Å². The highest BCUT2D eigenvalue weighted by Crippen LogP contribution is 2.39. The molecule has 1 aliphatic carbocycles. The molecule has 1 rings (SSSR count). The van der Waals surface area contributed by atoms with Crippen molar-refractivity contribution in [1.29, 1.82) is 0 Å². The van der Waals surface area contributed by atoms with Crippen LogP contribution in [0.15, 0.2) is 0 Å². The molecular weight excluding hydrogens is 693 g/mol. The standard InChI is InChI=1S/C16H30O2.C12H24O2.C10H20O2.C9H18O2/c1-7-16(5,6)14(17)18-13-10-8-12(9-11-13)15(2,3)4;1-8-12(6,7)10(13)14-9(2)11(3,4)5;1-6-10(4,5)9(11)12-7-8(2)3;1-6-9(4,5)8(10)11-7(2)3/h12-13H,7-11H2,1-6H3;9H,8H2,1-7H3;8H,6-7H2,1-5H3;7H,6H2,1-5H3. The lowest BCUT2D eigenvalue weighted by Crippen LogP contribution is -2.34. The maximum Gasteiger partial charge on any atom is 0.311 e. The van der Waals surface area contributed by atoms with E-state index < -0.39 is 0 Å². The second-order valence-electron chi connectivity index (χ2n) is 21.1. The maximum atomic E-state index is 12.0. The number of esters is 4. The number of carbonyl (C=O) groups excluding carboxylic acids is 4. The molecule has 0 spiro atoms. The van der Waals surface area contributed by atoms with Gasteiger partial charge in [0.05, 0.1) is 34.4 Å². The molecular formula is C47H92O8. The Labute approximate surface area is 341 Å². The first kappa shape index (κ1) is 57.2. The SMILES string of the molecule is CCC(C)(C)C(=O)OC(C)C.CCC(C)(C)C(=O)OC(C)C(C)(C)C.CCC(C)(C)C(=O)OC1CCC(C(C)(C)C)CC1.CCC(C)(C)C(=O)OCC(C)C. The number of ether oxygens (including phenoxy) is 4. The van der Waals surface area contributed by atoms with Gasteiger partial charge >= 0.3 is 23.9 Å². The molecule has 1 atom stereocenters. The molecule has 1 aliphatic rings. The van der Waals surface area contributed by atoms with E-state index in [1.807, 2.05) is 118 Å². The Kier molecular flexibility index (Phi) is 25.6. The quantitative estimate of drug-likeness (QED) is 0.134. The molecule has 8 nitrogen and oxygen atoms in total. The fourth-order valence-electron chi connectivity index (χ4n) is 4.24. The minimum Gasteiger partial charge on any atom is -0.465 e. The van der Waals surface area contributed by atoms with E-state index in [4.69, 9.17) is 18.9 Å². The van der Waals surface area contributed by atoms with Crippen LogP contribution in [0.2, 0.25) is 0 Å². The molecule has 0 amide bonds. The number of rotatable bonds is 13. The Morgan fingerprint density at radius 3 is 1.16 bits per heavy atom. The third-order valence-corrected chi connectivity index (χ3v) is 11.3. The molecule has 0 saturated heterocycles. The van der Waals surface area contributed by atoms with E-state index >= 15 is 0 Å². The van der Waals surface area contributed by atoms with Crippen molar-refractivity contribution in [3.05, 3.63) is 0 Å². The second kappa shape index (κ2) is 24.6. The van der Waals surface area contributed by atoms with Crippen LogP contribution in [0.4, 0.5) is 0 Å². The van der Waals surface area contributed by atoms with E-state index in [2.05, 4.69) is 41.5 Å². The van der Waals surface area contributed by atoms with Crippen molar-refractivity contribution in [3.8, 4) is 0 Å². The summed E-state index contributed by atoms with van der Waals surface area (Å²) in [5.41, 5.74) is -0.948. The van der Waals surface area contributed by atoms with Crippen molar-refractivity contribution in [3.63, 3.8) is 0 Å². The fraction of sp³-hybridized carbons (Fsp3) is 0.915. The molecule has 0 radical (unpaired) electrons. The van der Waals surface area contributed by atoms with Crippen molar-refractivity contribution in [2.24, 2.45) is 44.3 Å². The van der Waals surface area contributed by atoms with Crippen LogP contribution >= 0.6 is 0 Å². The Bertz CT molecular complexity index is 1110. The molecule has 1 unspecified atom stereocenters. The highest BCUT2D eigenvalue weighted by atomic mass is 16.6. The molecule has 1 saturated carbocycles. The average Bonchev–Trinajstić information content (AvgIpc) is 3.06. The van der Waals surface area contributed by atoms with Gasteiger partial charge in [-0.25, -0.2) is 0 Å². The Hall–Kier alpha value is -2.12. The topological polar surface area (TPSA) is 105 Å². The smallest absolute Gasteiger partial charge is 0.311 e. The van der Waals surface area contributed by atoms with E-state index in [0.717, 1.165) is 44.4 Å². The van der Waals surface area contributed by atoms with E-state index in [1.165, 1.54) is 12.8 Å². The van der Waals surface area contributed by atoms with Crippen molar-refractivity contribution in [2.45, 2.75) is 229 Å². The van der Waals surface area contributed by atoms with Crippen LogP contribution in [-0.2, 0) is 38.1 Å². The number of carbonyl (C=O) groups is 4. The molecule has 55 heavy (non-hydrogen) atoms. The third kappa shape index (κ3) is 24.3. The summed E-state index contributed by atoms with van der Waals surface area (Å²) < 4.78 is 21.3. The van der Waals surface area contributed by atoms with Gasteiger partial charge < -0.3 is 18.9 Å². The number of hydrogen-bond acceptors (Lipinski definition) is 8. The van der Waals surface area contributed by atoms with Gasteiger partial charge in [-0.15, -0.1) is 0 Å². The molecule has 0 heterocycles. The maximum absolute atomic E-state index is 12.0. The summed E-state index contributed by atoms with van der Waals surface area (Å²) in [6.07, 6.45) is 7.84. The third-order valence-electron chi connectivity index (χ3n) is 11.3. The number of hydrogen-bond donors (Lipinski definition) is 0. The largest absolute Gasteiger partial charge is 0.465 e.